The van der Waals surface area contributed by atoms with Crippen molar-refractivity contribution in [3.63, 3.8) is 0 Å². The number of rotatable bonds is 4. The molecule has 25 heavy (non-hydrogen) atoms. The number of fused-ring (bicyclic) bond motifs is 5. The molecule has 1 aromatic carbocycles. The van der Waals surface area contributed by atoms with Crippen LogP contribution in [-0.2, 0) is 29.1 Å². The van der Waals surface area contributed by atoms with E-state index in [1.807, 2.05) is 6.92 Å². The number of nitrogens with one attached hydrogen (secondary N) is 1. The SMILES string of the molecule is Cc1ccc(S(=O)(=O)NC[C@]23CC[C@](C)(O2)[C@@H]2C(=O)OC(=O)[C@@H]23)cc1. The van der Waals surface area contributed by atoms with Gasteiger partial charge < -0.3 is 9.47 Å². The Balaban J connectivity index is 1.59. The molecular weight excluding hydrogens is 346 g/mol. The van der Waals surface area contributed by atoms with E-state index in [-0.39, 0.29) is 11.4 Å². The summed E-state index contributed by atoms with van der Waals surface area (Å²) in [6.45, 7) is 3.59. The van der Waals surface area contributed by atoms with Crippen molar-refractivity contribution in [2.75, 3.05) is 6.54 Å². The molecule has 0 aromatic heterocycles. The molecule has 0 aliphatic carbocycles. The highest BCUT2D eigenvalue weighted by Crippen LogP contribution is 2.60. The smallest absolute Gasteiger partial charge is 0.320 e. The summed E-state index contributed by atoms with van der Waals surface area (Å²) >= 11 is 0. The Morgan fingerprint density at radius 3 is 2.44 bits per heavy atom. The van der Waals surface area contributed by atoms with Crippen LogP contribution in [-0.4, -0.2) is 38.1 Å². The predicted molar refractivity (Wildman–Crippen MR) is 85.9 cm³/mol. The first-order valence-corrected chi connectivity index (χ1v) is 9.67. The molecule has 0 spiro atoms. The maximum absolute atomic E-state index is 12.5. The Bertz CT molecular complexity index is 864. The molecule has 0 unspecified atom stereocenters. The highest BCUT2D eigenvalue weighted by atomic mass is 32.2. The molecule has 1 aromatic rings. The molecular formula is C17H19NO6S. The molecule has 2 bridgehead atoms. The fraction of sp³-hybridized carbons (Fsp3) is 0.529. The maximum atomic E-state index is 12.5. The fourth-order valence-corrected chi connectivity index (χ4v) is 5.43. The summed E-state index contributed by atoms with van der Waals surface area (Å²) in [4.78, 5) is 24.3. The Morgan fingerprint density at radius 2 is 1.76 bits per heavy atom. The summed E-state index contributed by atoms with van der Waals surface area (Å²) in [5, 5.41) is 0. The van der Waals surface area contributed by atoms with Gasteiger partial charge in [0.15, 0.2) is 0 Å². The summed E-state index contributed by atoms with van der Waals surface area (Å²) in [5.41, 5.74) is -0.845. The van der Waals surface area contributed by atoms with Crippen LogP contribution in [0, 0.1) is 18.8 Å². The van der Waals surface area contributed by atoms with Crippen LogP contribution in [0.3, 0.4) is 0 Å². The van der Waals surface area contributed by atoms with Gasteiger partial charge in [0, 0.05) is 6.54 Å². The van der Waals surface area contributed by atoms with Crippen LogP contribution in [0.15, 0.2) is 29.2 Å². The average Bonchev–Trinajstić information content (AvgIpc) is 3.14. The van der Waals surface area contributed by atoms with E-state index in [0.29, 0.717) is 12.8 Å². The second kappa shape index (κ2) is 5.12. The van der Waals surface area contributed by atoms with Gasteiger partial charge in [-0.2, -0.15) is 0 Å². The molecule has 0 radical (unpaired) electrons. The monoisotopic (exact) mass is 365 g/mol. The zero-order chi connectivity index (χ0) is 18.0. The lowest BCUT2D eigenvalue weighted by Gasteiger charge is -2.29. The number of hydrogen-bond acceptors (Lipinski definition) is 6. The lowest BCUT2D eigenvalue weighted by molar-refractivity contribution is -0.161. The predicted octanol–water partition coefficient (Wildman–Crippen LogP) is 0.911. The van der Waals surface area contributed by atoms with E-state index >= 15 is 0 Å². The van der Waals surface area contributed by atoms with Gasteiger partial charge in [0.25, 0.3) is 0 Å². The molecule has 1 N–H and O–H groups in total. The van der Waals surface area contributed by atoms with Crippen LogP contribution in [0.25, 0.3) is 0 Å². The molecule has 3 fully saturated rings. The van der Waals surface area contributed by atoms with Crippen LogP contribution in [0.5, 0.6) is 0 Å². The molecule has 8 heteroatoms. The second-order valence-electron chi connectivity index (χ2n) is 7.31. The Morgan fingerprint density at radius 1 is 1.12 bits per heavy atom. The van der Waals surface area contributed by atoms with Gasteiger partial charge >= 0.3 is 11.9 Å². The minimum atomic E-state index is -3.74. The van der Waals surface area contributed by atoms with E-state index in [9.17, 15) is 18.0 Å². The normalized spacial score (nSPS) is 36.6. The minimum absolute atomic E-state index is 0.0671. The van der Waals surface area contributed by atoms with Gasteiger partial charge in [-0.05, 0) is 38.8 Å². The van der Waals surface area contributed by atoms with E-state index in [2.05, 4.69) is 4.72 Å². The summed E-state index contributed by atoms with van der Waals surface area (Å²) in [6, 6.07) is 6.49. The highest BCUT2D eigenvalue weighted by molar-refractivity contribution is 7.89. The summed E-state index contributed by atoms with van der Waals surface area (Å²) in [6.07, 6.45) is 1.09. The lowest BCUT2D eigenvalue weighted by atomic mass is 9.68. The van der Waals surface area contributed by atoms with Crippen molar-refractivity contribution in [1.29, 1.82) is 0 Å². The van der Waals surface area contributed by atoms with Crippen molar-refractivity contribution in [1.82, 2.24) is 4.72 Å². The van der Waals surface area contributed by atoms with Crippen LogP contribution in [0.4, 0.5) is 0 Å². The van der Waals surface area contributed by atoms with Gasteiger partial charge in [0.1, 0.15) is 11.8 Å². The Hall–Kier alpha value is -1.77. The minimum Gasteiger partial charge on any atom is -0.393 e. The Labute approximate surface area is 145 Å². The van der Waals surface area contributed by atoms with E-state index in [1.54, 1.807) is 19.1 Å². The highest BCUT2D eigenvalue weighted by Gasteiger charge is 2.73. The largest absolute Gasteiger partial charge is 0.393 e. The van der Waals surface area contributed by atoms with Crippen LogP contribution in [0.2, 0.25) is 0 Å². The van der Waals surface area contributed by atoms with Gasteiger partial charge in [-0.3, -0.25) is 9.59 Å². The van der Waals surface area contributed by atoms with E-state index in [0.717, 1.165) is 5.56 Å². The van der Waals surface area contributed by atoms with E-state index in [1.165, 1.54) is 12.1 Å². The summed E-state index contributed by atoms with van der Waals surface area (Å²) in [7, 11) is -3.74. The zero-order valence-electron chi connectivity index (χ0n) is 13.9. The first-order chi connectivity index (χ1) is 11.7. The standard InChI is InChI=1S/C17H19NO6S/c1-10-3-5-11(6-4-10)25(21,22)18-9-17-8-7-16(2,24-17)12-13(17)15(20)23-14(12)19/h3-6,12-13,18H,7-9H2,1-2H3/t12-,13+,16-,17-/m0/s1. The van der Waals surface area contributed by atoms with Gasteiger partial charge in [-0.15, -0.1) is 0 Å². The summed E-state index contributed by atoms with van der Waals surface area (Å²) < 4.78 is 38.5. The molecule has 4 atom stereocenters. The Kier molecular flexibility index (Phi) is 3.42. The van der Waals surface area contributed by atoms with Gasteiger partial charge in [-0.1, -0.05) is 17.7 Å². The quantitative estimate of drug-likeness (QED) is 0.629. The second-order valence-corrected chi connectivity index (χ2v) is 9.08. The average molecular weight is 365 g/mol. The molecule has 3 heterocycles. The summed E-state index contributed by atoms with van der Waals surface area (Å²) in [5.74, 6) is -2.59. The van der Waals surface area contributed by atoms with Crippen molar-refractivity contribution in [2.45, 2.75) is 42.8 Å². The zero-order valence-corrected chi connectivity index (χ0v) is 14.8. The fourth-order valence-electron chi connectivity index (χ4n) is 4.34. The number of esters is 2. The molecule has 0 saturated carbocycles. The molecule has 134 valence electrons. The third-order valence-corrected chi connectivity index (χ3v) is 7.06. The first kappa shape index (κ1) is 16.7. The maximum Gasteiger partial charge on any atom is 0.320 e. The topological polar surface area (TPSA) is 98.8 Å². The molecule has 4 rings (SSSR count). The number of carbonyl (C=O) groups excluding carboxylic acids is 2. The van der Waals surface area contributed by atoms with Crippen LogP contribution < -0.4 is 4.72 Å². The number of carbonyl (C=O) groups is 2. The molecule has 3 aliphatic rings. The first-order valence-electron chi connectivity index (χ1n) is 8.19. The van der Waals surface area contributed by atoms with Crippen LogP contribution in [0.1, 0.15) is 25.3 Å². The van der Waals surface area contributed by atoms with Crippen molar-refractivity contribution < 1.29 is 27.5 Å². The van der Waals surface area contributed by atoms with E-state index < -0.39 is 45.0 Å². The number of cyclic esters (lactones) is 2. The molecule has 0 amide bonds. The number of ether oxygens (including phenoxy) is 2. The molecule has 3 aliphatic heterocycles. The number of benzene rings is 1. The number of aryl methyl sites for hydroxylation is 1. The van der Waals surface area contributed by atoms with Gasteiger partial charge in [0.05, 0.1) is 16.1 Å². The van der Waals surface area contributed by atoms with Crippen molar-refractivity contribution in [3.8, 4) is 0 Å². The van der Waals surface area contributed by atoms with Crippen molar-refractivity contribution in [3.05, 3.63) is 29.8 Å². The van der Waals surface area contributed by atoms with Crippen molar-refractivity contribution in [2.24, 2.45) is 11.8 Å². The number of hydrogen-bond donors (Lipinski definition) is 1. The number of sulfonamides is 1. The van der Waals surface area contributed by atoms with Crippen molar-refractivity contribution >= 4 is 22.0 Å². The third kappa shape index (κ3) is 2.35. The lowest BCUT2D eigenvalue weighted by Crippen LogP contribution is -2.49. The molecule has 7 nitrogen and oxygen atoms in total. The third-order valence-electron chi connectivity index (χ3n) is 5.64. The van der Waals surface area contributed by atoms with Gasteiger partial charge in [-0.25, -0.2) is 13.1 Å². The van der Waals surface area contributed by atoms with E-state index in [4.69, 9.17) is 9.47 Å². The van der Waals surface area contributed by atoms with Crippen LogP contribution >= 0.6 is 0 Å². The van der Waals surface area contributed by atoms with Gasteiger partial charge in [0.2, 0.25) is 10.0 Å². The molecule has 3 saturated heterocycles.